The molecule has 96 valence electrons. The summed E-state index contributed by atoms with van der Waals surface area (Å²) in [6, 6.07) is 0.540. The van der Waals surface area contributed by atoms with Crippen LogP contribution in [0.25, 0.3) is 0 Å². The molecule has 0 aromatic rings. The fourth-order valence-electron chi connectivity index (χ4n) is 1.91. The van der Waals surface area contributed by atoms with E-state index in [9.17, 15) is 8.42 Å². The van der Waals surface area contributed by atoms with Crippen LogP contribution < -0.4 is 0 Å². The predicted octanol–water partition coefficient (Wildman–Crippen LogP) is 0.971. The summed E-state index contributed by atoms with van der Waals surface area (Å²) in [7, 11) is -3.11. The largest absolute Gasteiger partial charge is 0.298 e. The number of rotatable bonds is 5. The Bertz CT molecular complexity index is 300. The van der Waals surface area contributed by atoms with Gasteiger partial charge in [0.25, 0.3) is 0 Å². The summed E-state index contributed by atoms with van der Waals surface area (Å²) in [5.41, 5.74) is 0. The molecule has 0 aromatic carbocycles. The van der Waals surface area contributed by atoms with Gasteiger partial charge in [-0.2, -0.15) is 4.31 Å². The lowest BCUT2D eigenvalue weighted by molar-refractivity contribution is 0.143. The second kappa shape index (κ2) is 6.19. The normalized spacial score (nSPS) is 22.2. The van der Waals surface area contributed by atoms with E-state index in [1.807, 2.05) is 0 Å². The maximum atomic E-state index is 11.8. The average molecular weight is 269 g/mol. The molecule has 16 heavy (non-hydrogen) atoms. The van der Waals surface area contributed by atoms with Crippen molar-refractivity contribution in [3.8, 4) is 0 Å². The minimum atomic E-state index is -3.11. The number of alkyl halides is 1. The summed E-state index contributed by atoms with van der Waals surface area (Å²) in [5, 5.41) is 0. The highest BCUT2D eigenvalue weighted by atomic mass is 35.5. The summed E-state index contributed by atoms with van der Waals surface area (Å²) >= 11 is 5.49. The van der Waals surface area contributed by atoms with E-state index in [2.05, 4.69) is 18.7 Å². The first kappa shape index (κ1) is 14.2. The molecule has 1 unspecified atom stereocenters. The van der Waals surface area contributed by atoms with Crippen molar-refractivity contribution in [1.82, 2.24) is 9.21 Å². The zero-order chi connectivity index (χ0) is 12.2. The SMILES string of the molecule is CCC(C)N1CCN(S(=O)(=O)CCCl)CC1. The Kier molecular flexibility index (Phi) is 5.50. The molecule has 1 aliphatic rings. The van der Waals surface area contributed by atoms with Gasteiger partial charge in [-0.15, -0.1) is 11.6 Å². The van der Waals surface area contributed by atoms with Crippen LogP contribution in [0.4, 0.5) is 0 Å². The van der Waals surface area contributed by atoms with Gasteiger partial charge < -0.3 is 0 Å². The van der Waals surface area contributed by atoms with Gasteiger partial charge in [-0.3, -0.25) is 4.90 Å². The van der Waals surface area contributed by atoms with E-state index in [1.165, 1.54) is 0 Å². The number of sulfonamides is 1. The molecule has 1 fully saturated rings. The third-order valence-corrected chi connectivity index (χ3v) is 5.50. The van der Waals surface area contributed by atoms with E-state index in [0.717, 1.165) is 19.5 Å². The number of halogens is 1. The van der Waals surface area contributed by atoms with Gasteiger partial charge in [-0.05, 0) is 13.3 Å². The van der Waals surface area contributed by atoms with Crippen molar-refractivity contribution in [3.63, 3.8) is 0 Å². The second-order valence-electron chi connectivity index (χ2n) is 4.20. The Morgan fingerprint density at radius 1 is 1.25 bits per heavy atom. The van der Waals surface area contributed by atoms with Crippen molar-refractivity contribution in [2.45, 2.75) is 26.3 Å². The van der Waals surface area contributed by atoms with Crippen LogP contribution in [0.15, 0.2) is 0 Å². The van der Waals surface area contributed by atoms with Gasteiger partial charge in [0.1, 0.15) is 0 Å². The van der Waals surface area contributed by atoms with Gasteiger partial charge in [0.05, 0.1) is 5.75 Å². The highest BCUT2D eigenvalue weighted by Crippen LogP contribution is 2.12. The monoisotopic (exact) mass is 268 g/mol. The molecule has 0 saturated carbocycles. The summed E-state index contributed by atoms with van der Waals surface area (Å²) in [6.45, 7) is 7.20. The molecule has 0 spiro atoms. The zero-order valence-corrected chi connectivity index (χ0v) is 11.6. The van der Waals surface area contributed by atoms with E-state index in [4.69, 9.17) is 11.6 Å². The predicted molar refractivity (Wildman–Crippen MR) is 67.4 cm³/mol. The molecule has 0 amide bonds. The molecule has 6 heteroatoms. The summed E-state index contributed by atoms with van der Waals surface area (Å²) in [4.78, 5) is 2.34. The van der Waals surface area contributed by atoms with Crippen molar-refractivity contribution in [2.75, 3.05) is 37.8 Å². The summed E-state index contributed by atoms with van der Waals surface area (Å²) < 4.78 is 25.1. The number of hydrogen-bond acceptors (Lipinski definition) is 3. The summed E-state index contributed by atoms with van der Waals surface area (Å²) in [5.74, 6) is 0.228. The molecule has 0 bridgehead atoms. The van der Waals surface area contributed by atoms with Crippen LogP contribution in [0.2, 0.25) is 0 Å². The second-order valence-corrected chi connectivity index (χ2v) is 6.66. The Balaban J connectivity index is 2.49. The van der Waals surface area contributed by atoms with Gasteiger partial charge in [-0.25, -0.2) is 8.42 Å². The fraction of sp³-hybridized carbons (Fsp3) is 1.00. The molecule has 4 nitrogen and oxygen atoms in total. The molecule has 0 aromatic heterocycles. The molecule has 1 heterocycles. The highest BCUT2D eigenvalue weighted by molar-refractivity contribution is 7.89. The molecule has 0 N–H and O–H groups in total. The van der Waals surface area contributed by atoms with Crippen LogP contribution in [-0.2, 0) is 10.0 Å². The van der Waals surface area contributed by atoms with Gasteiger partial charge in [0.15, 0.2) is 0 Å². The number of piperazine rings is 1. The van der Waals surface area contributed by atoms with E-state index in [1.54, 1.807) is 4.31 Å². The van der Waals surface area contributed by atoms with Crippen LogP contribution in [0.1, 0.15) is 20.3 Å². The Morgan fingerprint density at radius 3 is 2.25 bits per heavy atom. The van der Waals surface area contributed by atoms with Crippen LogP contribution in [0.5, 0.6) is 0 Å². The molecule has 0 radical (unpaired) electrons. The van der Waals surface area contributed by atoms with Gasteiger partial charge in [0.2, 0.25) is 10.0 Å². The van der Waals surface area contributed by atoms with Crippen molar-refractivity contribution < 1.29 is 8.42 Å². The highest BCUT2D eigenvalue weighted by Gasteiger charge is 2.27. The van der Waals surface area contributed by atoms with Crippen LogP contribution in [-0.4, -0.2) is 61.5 Å². The quantitative estimate of drug-likeness (QED) is 0.698. The first-order valence-corrected chi connectivity index (χ1v) is 7.93. The third-order valence-electron chi connectivity index (χ3n) is 3.22. The molecular weight excluding hydrogens is 248 g/mol. The average Bonchev–Trinajstić information content (AvgIpc) is 2.28. The number of hydrogen-bond donors (Lipinski definition) is 0. The Morgan fingerprint density at radius 2 is 1.81 bits per heavy atom. The van der Waals surface area contributed by atoms with Gasteiger partial charge in [-0.1, -0.05) is 6.92 Å². The van der Waals surface area contributed by atoms with Crippen molar-refractivity contribution >= 4 is 21.6 Å². The van der Waals surface area contributed by atoms with Crippen LogP contribution in [0.3, 0.4) is 0 Å². The Hall–Kier alpha value is 0.160. The maximum Gasteiger partial charge on any atom is 0.215 e. The molecular formula is C10H21ClN2O2S. The van der Waals surface area contributed by atoms with Crippen LogP contribution >= 0.6 is 11.6 Å². The fourth-order valence-corrected chi connectivity index (χ4v) is 3.67. The van der Waals surface area contributed by atoms with E-state index in [-0.39, 0.29) is 11.6 Å². The first-order chi connectivity index (χ1) is 7.51. The molecule has 0 aliphatic carbocycles. The molecule has 1 saturated heterocycles. The molecule has 1 atom stereocenters. The lowest BCUT2D eigenvalue weighted by atomic mass is 10.2. The molecule has 1 aliphatic heterocycles. The van der Waals surface area contributed by atoms with Gasteiger partial charge >= 0.3 is 0 Å². The Labute approximate surface area is 104 Å². The van der Waals surface area contributed by atoms with Crippen molar-refractivity contribution in [2.24, 2.45) is 0 Å². The molecule has 1 rings (SSSR count). The minimum Gasteiger partial charge on any atom is -0.298 e. The van der Waals surface area contributed by atoms with Crippen molar-refractivity contribution in [1.29, 1.82) is 0 Å². The standard InChI is InChI=1S/C10H21ClN2O2S/c1-3-10(2)12-5-7-13(8-6-12)16(14,15)9-4-11/h10H,3-9H2,1-2H3. The maximum absolute atomic E-state index is 11.8. The first-order valence-electron chi connectivity index (χ1n) is 5.79. The summed E-state index contributed by atoms with van der Waals surface area (Å²) in [6.07, 6.45) is 1.11. The third kappa shape index (κ3) is 3.58. The van der Waals surface area contributed by atoms with E-state index < -0.39 is 10.0 Å². The number of nitrogens with zero attached hydrogens (tertiary/aromatic N) is 2. The topological polar surface area (TPSA) is 40.6 Å². The van der Waals surface area contributed by atoms with Crippen LogP contribution in [0, 0.1) is 0 Å². The van der Waals surface area contributed by atoms with E-state index >= 15 is 0 Å². The van der Waals surface area contributed by atoms with Gasteiger partial charge in [0, 0.05) is 38.1 Å². The minimum absolute atomic E-state index is 0.0535. The lowest BCUT2D eigenvalue weighted by Gasteiger charge is -2.37. The van der Waals surface area contributed by atoms with E-state index in [0.29, 0.717) is 19.1 Å². The smallest absolute Gasteiger partial charge is 0.215 e. The zero-order valence-electron chi connectivity index (χ0n) is 10.0. The van der Waals surface area contributed by atoms with Crippen molar-refractivity contribution in [3.05, 3.63) is 0 Å². The lowest BCUT2D eigenvalue weighted by Crippen LogP contribution is -2.51.